The number of hydrogen-bond donors (Lipinski definition) is 1. The maximum atomic E-state index is 10.7. The Morgan fingerprint density at radius 3 is 2.32 bits per heavy atom. The Bertz CT molecular complexity index is 641. The molecule has 0 aromatic heterocycles. The van der Waals surface area contributed by atoms with Gasteiger partial charge < -0.3 is 19.3 Å². The van der Waals surface area contributed by atoms with Gasteiger partial charge in [-0.2, -0.15) is 0 Å². The van der Waals surface area contributed by atoms with Gasteiger partial charge in [0, 0.05) is 6.61 Å². The van der Waals surface area contributed by atoms with Gasteiger partial charge in [0.25, 0.3) is 0 Å². The van der Waals surface area contributed by atoms with E-state index < -0.39 is 18.0 Å². The van der Waals surface area contributed by atoms with E-state index in [0.29, 0.717) is 19.6 Å². The minimum absolute atomic E-state index is 0.207. The molecule has 1 N–H and O–H groups in total. The van der Waals surface area contributed by atoms with Crippen LogP contribution in [0.25, 0.3) is 0 Å². The number of aliphatic hydroxyl groups is 1. The van der Waals surface area contributed by atoms with Gasteiger partial charge >= 0.3 is 0 Å². The molecule has 1 aliphatic heterocycles. The zero-order valence-electron chi connectivity index (χ0n) is 14.8. The molecule has 2 aromatic rings. The van der Waals surface area contributed by atoms with Crippen LogP contribution in [0.1, 0.15) is 37.5 Å². The van der Waals surface area contributed by atoms with Crippen molar-refractivity contribution in [3.05, 3.63) is 71.8 Å². The fourth-order valence-electron chi connectivity index (χ4n) is 3.16. The van der Waals surface area contributed by atoms with E-state index in [-0.39, 0.29) is 6.10 Å². The van der Waals surface area contributed by atoms with Crippen molar-refractivity contribution in [3.8, 4) is 0 Å². The summed E-state index contributed by atoms with van der Waals surface area (Å²) in [4.78, 5) is 0. The Labute approximate surface area is 149 Å². The van der Waals surface area contributed by atoms with Crippen molar-refractivity contribution in [3.63, 3.8) is 0 Å². The highest BCUT2D eigenvalue weighted by Crippen LogP contribution is 2.36. The van der Waals surface area contributed by atoms with Crippen LogP contribution in [-0.4, -0.2) is 29.7 Å². The molecule has 0 unspecified atom stereocenters. The maximum Gasteiger partial charge on any atom is 0.163 e. The van der Waals surface area contributed by atoms with Gasteiger partial charge in [0.05, 0.1) is 12.7 Å². The second-order valence-electron chi connectivity index (χ2n) is 6.82. The fourth-order valence-corrected chi connectivity index (χ4v) is 3.16. The first-order valence-electron chi connectivity index (χ1n) is 8.75. The molecule has 3 atom stereocenters. The molecule has 0 spiro atoms. The topological polar surface area (TPSA) is 47.9 Å². The first-order chi connectivity index (χ1) is 12.1. The van der Waals surface area contributed by atoms with Gasteiger partial charge in [-0.25, -0.2) is 0 Å². The molecular formula is C21H26O4. The molecule has 1 fully saturated rings. The minimum Gasteiger partial charge on any atom is -0.386 e. The predicted octanol–water partition coefficient (Wildman–Crippen LogP) is 3.85. The van der Waals surface area contributed by atoms with Crippen molar-refractivity contribution in [2.24, 2.45) is 0 Å². The van der Waals surface area contributed by atoms with E-state index in [1.165, 1.54) is 0 Å². The van der Waals surface area contributed by atoms with Gasteiger partial charge in [-0.15, -0.1) is 0 Å². The highest BCUT2D eigenvalue weighted by molar-refractivity contribution is 5.19. The molecule has 1 saturated heterocycles. The first kappa shape index (κ1) is 18.1. The van der Waals surface area contributed by atoms with Gasteiger partial charge in [-0.3, -0.25) is 0 Å². The Kier molecular flexibility index (Phi) is 5.86. The molecule has 0 saturated carbocycles. The van der Waals surface area contributed by atoms with E-state index in [9.17, 15) is 5.11 Å². The van der Waals surface area contributed by atoms with Crippen molar-refractivity contribution >= 4 is 0 Å². The Morgan fingerprint density at radius 1 is 1.00 bits per heavy atom. The molecular weight excluding hydrogens is 316 g/mol. The Morgan fingerprint density at radius 2 is 1.64 bits per heavy atom. The zero-order chi connectivity index (χ0) is 17.7. The van der Waals surface area contributed by atoms with Crippen LogP contribution in [0.4, 0.5) is 0 Å². The predicted molar refractivity (Wildman–Crippen MR) is 95.9 cm³/mol. The fraction of sp³-hybridized carbons (Fsp3) is 0.429. The summed E-state index contributed by atoms with van der Waals surface area (Å²) in [5.74, 6) is -0.704. The standard InChI is InChI=1S/C21H26O4/c1-21(2)24-18(13-14-23-15-16-9-5-3-6-10-16)20(25-21)19(22)17-11-7-4-8-12-17/h3-12,18-20,22H,13-15H2,1-2H3/t18-,19+,20-/m1/s1. The van der Waals surface area contributed by atoms with Crippen LogP contribution >= 0.6 is 0 Å². The summed E-state index contributed by atoms with van der Waals surface area (Å²) >= 11 is 0. The third-order valence-electron chi connectivity index (χ3n) is 4.33. The van der Waals surface area contributed by atoms with Crippen LogP contribution in [0.5, 0.6) is 0 Å². The smallest absolute Gasteiger partial charge is 0.163 e. The first-order valence-corrected chi connectivity index (χ1v) is 8.75. The molecule has 1 heterocycles. The average Bonchev–Trinajstić information content (AvgIpc) is 2.94. The molecule has 25 heavy (non-hydrogen) atoms. The van der Waals surface area contributed by atoms with E-state index >= 15 is 0 Å². The Balaban J connectivity index is 1.56. The van der Waals surface area contributed by atoms with Gasteiger partial charge in [-0.05, 0) is 31.4 Å². The molecule has 2 aromatic carbocycles. The SMILES string of the molecule is CC1(C)O[C@@H]([C@@H](O)c2ccccc2)[C@@H](CCOCc2ccccc2)O1. The molecule has 0 radical (unpaired) electrons. The lowest BCUT2D eigenvalue weighted by Gasteiger charge is -2.22. The summed E-state index contributed by atoms with van der Waals surface area (Å²) in [5, 5.41) is 10.7. The van der Waals surface area contributed by atoms with Crippen molar-refractivity contribution in [2.45, 2.75) is 51.0 Å². The van der Waals surface area contributed by atoms with Crippen LogP contribution in [0.2, 0.25) is 0 Å². The molecule has 0 aliphatic carbocycles. The van der Waals surface area contributed by atoms with Crippen molar-refractivity contribution in [1.29, 1.82) is 0 Å². The molecule has 3 rings (SSSR count). The van der Waals surface area contributed by atoms with Gasteiger partial charge in [0.1, 0.15) is 12.2 Å². The van der Waals surface area contributed by atoms with Gasteiger partial charge in [0.2, 0.25) is 0 Å². The summed E-state index contributed by atoms with van der Waals surface area (Å²) in [6.07, 6.45) is -0.661. The number of hydrogen-bond acceptors (Lipinski definition) is 4. The highest BCUT2D eigenvalue weighted by Gasteiger charge is 2.44. The lowest BCUT2D eigenvalue weighted by molar-refractivity contribution is -0.156. The molecule has 4 nitrogen and oxygen atoms in total. The van der Waals surface area contributed by atoms with E-state index in [4.69, 9.17) is 14.2 Å². The van der Waals surface area contributed by atoms with Crippen LogP contribution in [0.15, 0.2) is 60.7 Å². The van der Waals surface area contributed by atoms with E-state index in [1.54, 1.807) is 0 Å². The second kappa shape index (κ2) is 8.11. The molecule has 4 heteroatoms. The van der Waals surface area contributed by atoms with Crippen LogP contribution < -0.4 is 0 Å². The van der Waals surface area contributed by atoms with Crippen LogP contribution in [0, 0.1) is 0 Å². The summed E-state index contributed by atoms with van der Waals surface area (Å²) < 4.78 is 17.7. The Hall–Kier alpha value is -1.72. The summed E-state index contributed by atoms with van der Waals surface area (Å²) in [6.45, 7) is 4.88. The van der Waals surface area contributed by atoms with Gasteiger partial charge in [0.15, 0.2) is 5.79 Å². The number of benzene rings is 2. The average molecular weight is 342 g/mol. The number of ether oxygens (including phenoxy) is 3. The van der Waals surface area contributed by atoms with E-state index in [1.807, 2.05) is 74.5 Å². The maximum absolute atomic E-state index is 10.7. The van der Waals surface area contributed by atoms with Crippen molar-refractivity contribution < 1.29 is 19.3 Å². The van der Waals surface area contributed by atoms with Gasteiger partial charge in [-0.1, -0.05) is 60.7 Å². The van der Waals surface area contributed by atoms with Crippen molar-refractivity contribution in [2.75, 3.05) is 6.61 Å². The number of rotatable bonds is 7. The summed E-state index contributed by atoms with van der Waals surface area (Å²) in [7, 11) is 0. The second-order valence-corrected chi connectivity index (χ2v) is 6.82. The molecule has 1 aliphatic rings. The highest BCUT2D eigenvalue weighted by atomic mass is 16.8. The normalized spacial score (nSPS) is 23.5. The van der Waals surface area contributed by atoms with Crippen LogP contribution in [-0.2, 0) is 20.8 Å². The summed E-state index contributed by atoms with van der Waals surface area (Å²) in [5.41, 5.74) is 1.98. The van der Waals surface area contributed by atoms with E-state index in [2.05, 4.69) is 0 Å². The van der Waals surface area contributed by atoms with Crippen LogP contribution in [0.3, 0.4) is 0 Å². The van der Waals surface area contributed by atoms with Crippen molar-refractivity contribution in [1.82, 2.24) is 0 Å². The quantitative estimate of drug-likeness (QED) is 0.777. The number of aliphatic hydroxyl groups excluding tert-OH is 1. The molecule has 134 valence electrons. The lowest BCUT2D eigenvalue weighted by atomic mass is 9.99. The third-order valence-corrected chi connectivity index (χ3v) is 4.33. The van der Waals surface area contributed by atoms with E-state index in [0.717, 1.165) is 11.1 Å². The zero-order valence-corrected chi connectivity index (χ0v) is 14.8. The third kappa shape index (κ3) is 4.89. The lowest BCUT2D eigenvalue weighted by Crippen LogP contribution is -2.30. The summed E-state index contributed by atoms with van der Waals surface area (Å²) in [6, 6.07) is 19.6. The monoisotopic (exact) mass is 342 g/mol. The molecule has 0 bridgehead atoms. The molecule has 0 amide bonds. The largest absolute Gasteiger partial charge is 0.386 e. The minimum atomic E-state index is -0.720.